The standard InChI is InChI=1S/C21H27F3N4O2/c1-26(2)12-5-4-6-13-27-14-11-17-18(20(27)29)28(25-19(17)21(22,23)24)15-7-9-16(30-3)10-8-15/h7-10H,4-6,11-14H2,1-3H3. The van der Waals surface area contributed by atoms with E-state index in [-0.39, 0.29) is 24.2 Å². The van der Waals surface area contributed by atoms with Gasteiger partial charge in [0.2, 0.25) is 0 Å². The van der Waals surface area contributed by atoms with Crippen LogP contribution in [0.15, 0.2) is 24.3 Å². The number of halogens is 3. The predicted octanol–water partition coefficient (Wildman–Crippen LogP) is 3.63. The molecule has 3 rings (SSSR count). The third-order valence-corrected chi connectivity index (χ3v) is 5.22. The molecular formula is C21H27F3N4O2. The minimum absolute atomic E-state index is 0.00651. The van der Waals surface area contributed by atoms with E-state index in [1.54, 1.807) is 29.2 Å². The van der Waals surface area contributed by atoms with E-state index in [2.05, 4.69) is 10.00 Å². The average Bonchev–Trinajstić information content (AvgIpc) is 3.10. The average molecular weight is 424 g/mol. The Morgan fingerprint density at radius 2 is 1.83 bits per heavy atom. The molecule has 0 unspecified atom stereocenters. The summed E-state index contributed by atoms with van der Waals surface area (Å²) in [6.45, 7) is 1.77. The first-order valence-corrected chi connectivity index (χ1v) is 10.00. The molecule has 0 N–H and O–H groups in total. The van der Waals surface area contributed by atoms with Crippen molar-refractivity contribution in [1.82, 2.24) is 19.6 Å². The predicted molar refractivity (Wildman–Crippen MR) is 107 cm³/mol. The van der Waals surface area contributed by atoms with Crippen molar-refractivity contribution in [3.05, 3.63) is 41.2 Å². The van der Waals surface area contributed by atoms with Gasteiger partial charge in [-0.1, -0.05) is 6.42 Å². The van der Waals surface area contributed by atoms with Crippen LogP contribution in [0.1, 0.15) is 41.0 Å². The first-order chi connectivity index (χ1) is 14.2. The normalized spacial score (nSPS) is 14.4. The molecular weight excluding hydrogens is 397 g/mol. The maximum Gasteiger partial charge on any atom is 0.435 e. The van der Waals surface area contributed by atoms with Crippen molar-refractivity contribution >= 4 is 5.91 Å². The number of methoxy groups -OCH3 is 1. The van der Waals surface area contributed by atoms with Crippen molar-refractivity contribution < 1.29 is 22.7 Å². The summed E-state index contributed by atoms with van der Waals surface area (Å²) in [5.74, 6) is 0.171. The van der Waals surface area contributed by atoms with E-state index in [1.807, 2.05) is 14.1 Å². The Balaban J connectivity index is 1.86. The van der Waals surface area contributed by atoms with Gasteiger partial charge in [-0.25, -0.2) is 4.68 Å². The van der Waals surface area contributed by atoms with E-state index >= 15 is 0 Å². The van der Waals surface area contributed by atoms with Crippen LogP contribution in [0.3, 0.4) is 0 Å². The number of amides is 1. The second-order valence-electron chi connectivity index (χ2n) is 7.69. The SMILES string of the molecule is COc1ccc(-n2nc(C(F)(F)F)c3c2C(=O)N(CCCCCN(C)C)CC3)cc1. The molecule has 0 bridgehead atoms. The number of unbranched alkanes of at least 4 members (excludes halogenated alkanes) is 2. The topological polar surface area (TPSA) is 50.6 Å². The highest BCUT2D eigenvalue weighted by atomic mass is 19.4. The number of carbonyl (C=O) groups is 1. The number of alkyl halides is 3. The Morgan fingerprint density at radius 3 is 2.43 bits per heavy atom. The molecule has 1 aliphatic rings. The maximum atomic E-state index is 13.6. The van der Waals surface area contributed by atoms with Crippen LogP contribution >= 0.6 is 0 Å². The van der Waals surface area contributed by atoms with Crippen molar-refractivity contribution in [2.45, 2.75) is 31.9 Å². The van der Waals surface area contributed by atoms with Gasteiger partial charge in [-0.05, 0) is 64.2 Å². The van der Waals surface area contributed by atoms with E-state index in [4.69, 9.17) is 4.74 Å². The smallest absolute Gasteiger partial charge is 0.435 e. The molecule has 0 spiro atoms. The first kappa shape index (κ1) is 22.1. The van der Waals surface area contributed by atoms with Gasteiger partial charge in [-0.15, -0.1) is 0 Å². The summed E-state index contributed by atoms with van der Waals surface area (Å²) in [5.41, 5.74) is -0.602. The lowest BCUT2D eigenvalue weighted by molar-refractivity contribution is -0.142. The molecule has 1 aliphatic heterocycles. The monoisotopic (exact) mass is 424 g/mol. The zero-order chi connectivity index (χ0) is 21.9. The molecule has 6 nitrogen and oxygen atoms in total. The fraction of sp³-hybridized carbons (Fsp3) is 0.524. The molecule has 0 radical (unpaired) electrons. The van der Waals surface area contributed by atoms with Gasteiger partial charge in [-0.2, -0.15) is 18.3 Å². The molecule has 0 saturated heterocycles. The van der Waals surface area contributed by atoms with E-state index in [0.29, 0.717) is 18.0 Å². The molecule has 2 heterocycles. The fourth-order valence-corrected chi connectivity index (χ4v) is 3.66. The van der Waals surface area contributed by atoms with Gasteiger partial charge in [0.15, 0.2) is 5.69 Å². The van der Waals surface area contributed by atoms with Gasteiger partial charge < -0.3 is 14.5 Å². The van der Waals surface area contributed by atoms with E-state index in [1.165, 1.54) is 7.11 Å². The quantitative estimate of drug-likeness (QED) is 0.608. The van der Waals surface area contributed by atoms with Crippen molar-refractivity contribution in [2.75, 3.05) is 40.8 Å². The molecule has 0 saturated carbocycles. The highest BCUT2D eigenvalue weighted by Crippen LogP contribution is 2.36. The summed E-state index contributed by atoms with van der Waals surface area (Å²) in [4.78, 5) is 16.9. The highest BCUT2D eigenvalue weighted by molar-refractivity contribution is 5.96. The van der Waals surface area contributed by atoms with Crippen molar-refractivity contribution in [3.8, 4) is 11.4 Å². The molecule has 9 heteroatoms. The largest absolute Gasteiger partial charge is 0.497 e. The molecule has 1 aromatic heterocycles. The first-order valence-electron chi connectivity index (χ1n) is 10.00. The van der Waals surface area contributed by atoms with Gasteiger partial charge in [0.05, 0.1) is 12.8 Å². The Hall–Kier alpha value is -2.55. The highest BCUT2D eigenvalue weighted by Gasteiger charge is 2.43. The second kappa shape index (κ2) is 9.07. The molecule has 1 amide bonds. The molecule has 0 aliphatic carbocycles. The Labute approximate surface area is 174 Å². The van der Waals surface area contributed by atoms with Crippen LogP contribution in [0.25, 0.3) is 5.69 Å². The molecule has 1 aromatic carbocycles. The van der Waals surface area contributed by atoms with Crippen molar-refractivity contribution in [3.63, 3.8) is 0 Å². The van der Waals surface area contributed by atoms with Crippen molar-refractivity contribution in [1.29, 1.82) is 0 Å². The van der Waals surface area contributed by atoms with Gasteiger partial charge in [0, 0.05) is 18.7 Å². The van der Waals surface area contributed by atoms with Crippen LogP contribution in [-0.4, -0.2) is 66.3 Å². The summed E-state index contributed by atoms with van der Waals surface area (Å²) in [6, 6.07) is 6.46. The Bertz CT molecular complexity index is 876. The summed E-state index contributed by atoms with van der Waals surface area (Å²) in [6.07, 6.45) is -1.68. The number of benzene rings is 1. The number of hydrogen-bond donors (Lipinski definition) is 0. The number of ether oxygens (including phenoxy) is 1. The summed E-state index contributed by atoms with van der Waals surface area (Å²) < 4.78 is 47.0. The van der Waals surface area contributed by atoms with Gasteiger partial charge in [0.1, 0.15) is 11.4 Å². The molecule has 0 fully saturated rings. The van der Waals surface area contributed by atoms with E-state index in [0.717, 1.165) is 30.5 Å². The van der Waals surface area contributed by atoms with Crippen LogP contribution in [0.4, 0.5) is 13.2 Å². The maximum absolute atomic E-state index is 13.6. The van der Waals surface area contributed by atoms with Gasteiger partial charge in [0.25, 0.3) is 5.91 Å². The van der Waals surface area contributed by atoms with Crippen molar-refractivity contribution in [2.24, 2.45) is 0 Å². The zero-order valence-corrected chi connectivity index (χ0v) is 17.5. The molecule has 30 heavy (non-hydrogen) atoms. The van der Waals surface area contributed by atoms with Crippen LogP contribution in [-0.2, 0) is 12.6 Å². The second-order valence-corrected chi connectivity index (χ2v) is 7.69. The summed E-state index contributed by atoms with van der Waals surface area (Å²) >= 11 is 0. The summed E-state index contributed by atoms with van der Waals surface area (Å²) in [7, 11) is 5.52. The van der Waals surface area contributed by atoms with E-state index < -0.39 is 17.8 Å². The van der Waals surface area contributed by atoms with Crippen LogP contribution in [0.2, 0.25) is 0 Å². The Kier molecular flexibility index (Phi) is 6.70. The molecule has 0 atom stereocenters. The number of rotatable bonds is 8. The number of carbonyl (C=O) groups excluding carboxylic acids is 1. The molecule has 164 valence electrons. The zero-order valence-electron chi connectivity index (χ0n) is 17.5. The third-order valence-electron chi connectivity index (χ3n) is 5.22. The number of nitrogens with zero attached hydrogens (tertiary/aromatic N) is 4. The Morgan fingerprint density at radius 1 is 1.13 bits per heavy atom. The number of aromatic nitrogens is 2. The van der Waals surface area contributed by atoms with Gasteiger partial charge in [-0.3, -0.25) is 4.79 Å². The lowest BCUT2D eigenvalue weighted by Gasteiger charge is -2.28. The minimum atomic E-state index is -4.61. The lowest BCUT2D eigenvalue weighted by Crippen LogP contribution is -2.39. The molecule has 2 aromatic rings. The number of hydrogen-bond acceptors (Lipinski definition) is 4. The van der Waals surface area contributed by atoms with Crippen LogP contribution < -0.4 is 4.74 Å². The third kappa shape index (κ3) is 4.77. The lowest BCUT2D eigenvalue weighted by atomic mass is 10.0. The minimum Gasteiger partial charge on any atom is -0.497 e. The van der Waals surface area contributed by atoms with Gasteiger partial charge >= 0.3 is 6.18 Å². The summed E-state index contributed by atoms with van der Waals surface area (Å²) in [5, 5.41) is 3.80. The number of fused-ring (bicyclic) bond motifs is 1. The van der Waals surface area contributed by atoms with Crippen LogP contribution in [0.5, 0.6) is 5.75 Å². The fourth-order valence-electron chi connectivity index (χ4n) is 3.66. The van der Waals surface area contributed by atoms with Crippen LogP contribution in [0, 0.1) is 0 Å². The van der Waals surface area contributed by atoms with E-state index in [9.17, 15) is 18.0 Å².